The molecule has 0 saturated heterocycles. The van der Waals surface area contributed by atoms with Crippen LogP contribution >= 0.6 is 0 Å². The third-order valence-electron chi connectivity index (χ3n) is 5.66. The van der Waals surface area contributed by atoms with Gasteiger partial charge in [0.25, 0.3) is 0 Å². The summed E-state index contributed by atoms with van der Waals surface area (Å²) in [6, 6.07) is 30.5. The average Bonchev–Trinajstić information content (AvgIpc) is 3.25. The van der Waals surface area contributed by atoms with E-state index in [1.54, 1.807) is 4.57 Å². The molecule has 2 heteroatoms. The molecule has 0 atom stereocenters. The van der Waals surface area contributed by atoms with Crippen LogP contribution in [-0.4, -0.2) is 4.57 Å². The van der Waals surface area contributed by atoms with E-state index < -0.39 is 6.04 Å². The molecule has 1 N–H and O–H groups in total. The third-order valence-corrected chi connectivity index (χ3v) is 5.66. The molecule has 32 heavy (non-hydrogen) atoms. The molecule has 0 aliphatic carbocycles. The number of para-hydroxylation sites is 2. The van der Waals surface area contributed by atoms with Gasteiger partial charge in [0.15, 0.2) is 0 Å². The minimum absolute atomic E-state index is 0.140. The maximum Gasteiger partial charge on any atom is 0.0645 e. The summed E-state index contributed by atoms with van der Waals surface area (Å²) in [6.07, 6.45) is 0. The lowest BCUT2D eigenvalue weighted by molar-refractivity contribution is 1.18. The number of rotatable bonds is 4. The Morgan fingerprint density at radius 2 is 1.22 bits per heavy atom. The van der Waals surface area contributed by atoms with Gasteiger partial charge in [-0.25, -0.2) is 0 Å². The summed E-state index contributed by atoms with van der Waals surface area (Å²) in [4.78, 5) is 0. The molecule has 0 aliphatic rings. The van der Waals surface area contributed by atoms with Crippen LogP contribution in [0.15, 0.2) is 127 Å². The van der Waals surface area contributed by atoms with Crippen molar-refractivity contribution in [2.24, 2.45) is 0 Å². The number of hydrogen-bond donors (Lipinski definition) is 1. The second-order valence-corrected chi connectivity index (χ2v) is 7.63. The van der Waals surface area contributed by atoms with Crippen molar-refractivity contribution >= 4 is 33.2 Å². The van der Waals surface area contributed by atoms with Crippen LogP contribution in [0.5, 0.6) is 0 Å². The number of hydrogen-bond acceptors (Lipinski definition) is 1. The zero-order chi connectivity index (χ0) is 25.7. The molecule has 6 aromatic rings. The van der Waals surface area contributed by atoms with Crippen LogP contribution in [0.1, 0.15) is 6.85 Å². The molecular weight excluding hydrogens is 388 g/mol. The maximum absolute atomic E-state index is 8.58. The summed E-state index contributed by atoms with van der Waals surface area (Å²) < 4.78 is 43.3. The topological polar surface area (TPSA) is 17.0 Å². The van der Waals surface area contributed by atoms with Crippen LogP contribution in [0, 0.1) is 0 Å². The first-order valence-corrected chi connectivity index (χ1v) is 10.5. The van der Waals surface area contributed by atoms with E-state index in [0.29, 0.717) is 0 Å². The van der Waals surface area contributed by atoms with Crippen molar-refractivity contribution in [2.45, 2.75) is 0 Å². The van der Waals surface area contributed by atoms with Gasteiger partial charge in [-0.05, 0) is 53.5 Å². The number of anilines is 2. The van der Waals surface area contributed by atoms with E-state index in [9.17, 15) is 0 Å². The van der Waals surface area contributed by atoms with Gasteiger partial charge in [0.1, 0.15) is 0 Å². The van der Waals surface area contributed by atoms with Crippen molar-refractivity contribution in [1.82, 2.24) is 4.57 Å². The summed E-state index contributed by atoms with van der Waals surface area (Å²) in [5.41, 5.74) is 5.70. The van der Waals surface area contributed by atoms with Gasteiger partial charge in [0.2, 0.25) is 0 Å². The monoisotopic (exact) mass is 415 g/mol. The molecule has 0 radical (unpaired) electrons. The zero-order valence-corrected chi connectivity index (χ0v) is 17.2. The predicted molar refractivity (Wildman–Crippen MR) is 136 cm³/mol. The average molecular weight is 416 g/mol. The lowest BCUT2D eigenvalue weighted by Crippen LogP contribution is -1.94. The standard InChI is InChI=1S/C30H22N2/c1-3-9-22(10-4-1)23-15-17-24(18-16-23)31-25-19-20-28-27-13-7-8-14-29(27)32(30(28)21-25)26-11-5-2-6-12-26/h1-21,31H/i2D,5D,6D,11D,12D. The van der Waals surface area contributed by atoms with E-state index in [1.165, 1.54) is 0 Å². The Bertz CT molecular complexity index is 1760. The van der Waals surface area contributed by atoms with Crippen LogP contribution in [0.3, 0.4) is 0 Å². The molecule has 5 aromatic carbocycles. The predicted octanol–water partition coefficient (Wildman–Crippen LogP) is 8.19. The lowest BCUT2D eigenvalue weighted by Gasteiger charge is -2.11. The van der Waals surface area contributed by atoms with Crippen molar-refractivity contribution in [3.63, 3.8) is 0 Å². The highest BCUT2D eigenvalue weighted by Gasteiger charge is 2.12. The van der Waals surface area contributed by atoms with E-state index in [0.717, 1.165) is 44.3 Å². The first kappa shape index (κ1) is 13.9. The molecule has 0 fully saturated rings. The molecule has 0 unspecified atom stereocenters. The summed E-state index contributed by atoms with van der Waals surface area (Å²) >= 11 is 0. The quantitative estimate of drug-likeness (QED) is 0.307. The van der Waals surface area contributed by atoms with Gasteiger partial charge in [-0.1, -0.05) is 84.9 Å². The Hall–Kier alpha value is -4.30. The molecule has 0 saturated carbocycles. The van der Waals surface area contributed by atoms with Crippen molar-refractivity contribution < 1.29 is 6.85 Å². The van der Waals surface area contributed by atoms with Gasteiger partial charge in [-0.15, -0.1) is 0 Å². The number of benzene rings is 5. The van der Waals surface area contributed by atoms with Gasteiger partial charge in [0.05, 0.1) is 17.9 Å². The summed E-state index contributed by atoms with van der Waals surface area (Å²) in [7, 11) is 0. The molecule has 2 nitrogen and oxygen atoms in total. The first-order valence-electron chi connectivity index (χ1n) is 13.0. The first-order chi connectivity index (χ1) is 17.9. The molecule has 0 bridgehead atoms. The highest BCUT2D eigenvalue weighted by Crippen LogP contribution is 2.34. The normalized spacial score (nSPS) is 13.3. The second-order valence-electron chi connectivity index (χ2n) is 7.63. The summed E-state index contributed by atoms with van der Waals surface area (Å²) in [5.74, 6) is 0. The maximum atomic E-state index is 8.58. The Balaban J connectivity index is 1.49. The molecule has 0 aliphatic heterocycles. The van der Waals surface area contributed by atoms with Gasteiger partial charge in [0, 0.05) is 27.8 Å². The summed E-state index contributed by atoms with van der Waals surface area (Å²) in [6.45, 7) is 0. The van der Waals surface area contributed by atoms with Crippen molar-refractivity contribution in [3.05, 3.63) is 127 Å². The van der Waals surface area contributed by atoms with Crippen molar-refractivity contribution in [2.75, 3.05) is 5.32 Å². The van der Waals surface area contributed by atoms with E-state index in [1.807, 2.05) is 72.8 Å². The van der Waals surface area contributed by atoms with Crippen LogP contribution in [0.4, 0.5) is 11.4 Å². The van der Waals surface area contributed by atoms with Crippen molar-refractivity contribution in [1.29, 1.82) is 0 Å². The van der Waals surface area contributed by atoms with Gasteiger partial charge < -0.3 is 9.88 Å². The fourth-order valence-electron chi connectivity index (χ4n) is 4.19. The molecule has 152 valence electrons. The fourth-order valence-corrected chi connectivity index (χ4v) is 4.19. The minimum Gasteiger partial charge on any atom is -0.355 e. The largest absolute Gasteiger partial charge is 0.355 e. The molecular formula is C30H22N2. The Kier molecular flexibility index (Phi) is 3.37. The molecule has 0 amide bonds. The lowest BCUT2D eigenvalue weighted by atomic mass is 10.1. The smallest absolute Gasteiger partial charge is 0.0645 e. The molecule has 0 spiro atoms. The molecule has 1 aromatic heterocycles. The third kappa shape index (κ3) is 3.23. The van der Waals surface area contributed by atoms with E-state index in [4.69, 9.17) is 6.85 Å². The molecule has 1 heterocycles. The second kappa shape index (κ2) is 7.75. The summed E-state index contributed by atoms with van der Waals surface area (Å²) in [5, 5.41) is 5.33. The number of nitrogens with one attached hydrogen (secondary N) is 1. The Morgan fingerprint density at radius 3 is 2.03 bits per heavy atom. The van der Waals surface area contributed by atoms with Crippen molar-refractivity contribution in [3.8, 4) is 16.8 Å². The van der Waals surface area contributed by atoms with E-state index in [2.05, 4.69) is 29.6 Å². The molecule has 6 rings (SSSR count). The van der Waals surface area contributed by atoms with Gasteiger partial charge in [-0.2, -0.15) is 0 Å². The highest BCUT2D eigenvalue weighted by molar-refractivity contribution is 6.10. The van der Waals surface area contributed by atoms with Crippen LogP contribution in [0.2, 0.25) is 0 Å². The Labute approximate surface area is 194 Å². The van der Waals surface area contributed by atoms with Gasteiger partial charge in [-0.3, -0.25) is 0 Å². The van der Waals surface area contributed by atoms with Crippen LogP contribution in [-0.2, 0) is 0 Å². The number of nitrogens with zero attached hydrogens (tertiary/aromatic N) is 1. The van der Waals surface area contributed by atoms with E-state index >= 15 is 0 Å². The van der Waals surface area contributed by atoms with Crippen LogP contribution in [0.25, 0.3) is 38.6 Å². The number of aromatic nitrogens is 1. The zero-order valence-electron chi connectivity index (χ0n) is 22.2. The highest BCUT2D eigenvalue weighted by atomic mass is 15.0. The van der Waals surface area contributed by atoms with Crippen LogP contribution < -0.4 is 5.32 Å². The minimum atomic E-state index is -0.402. The SMILES string of the molecule is [2H]c1c([2H])c([2H])c(-n2c3ccccc3c3ccc(Nc4ccc(-c5ccccc5)cc4)cc32)c([2H])c1[2H]. The van der Waals surface area contributed by atoms with Gasteiger partial charge >= 0.3 is 0 Å². The number of fused-ring (bicyclic) bond motifs is 3. The van der Waals surface area contributed by atoms with E-state index in [-0.39, 0.29) is 29.9 Å². The Morgan fingerprint density at radius 1 is 0.562 bits per heavy atom. The fraction of sp³-hybridized carbons (Fsp3) is 0.